The van der Waals surface area contributed by atoms with Gasteiger partial charge in [-0.25, -0.2) is 10.8 Å². The average molecular weight is 532 g/mol. The summed E-state index contributed by atoms with van der Waals surface area (Å²) in [5.74, 6) is 7.46. The molecule has 2 fully saturated rings. The van der Waals surface area contributed by atoms with Gasteiger partial charge in [0.15, 0.2) is 0 Å². The van der Waals surface area contributed by atoms with E-state index >= 15 is 0 Å². The highest BCUT2D eigenvalue weighted by Crippen LogP contribution is 2.36. The normalized spacial score (nSPS) is 20.4. The maximum Gasteiger partial charge on any atom is 0.111 e. The van der Waals surface area contributed by atoms with Crippen LogP contribution < -0.4 is 11.6 Å². The Balaban J connectivity index is 0.000000339. The Bertz CT molecular complexity index is 966. The molecule has 1 saturated heterocycles. The second kappa shape index (κ2) is 16.1. The predicted molar refractivity (Wildman–Crippen MR) is 162 cm³/mol. The van der Waals surface area contributed by atoms with Gasteiger partial charge in [0.2, 0.25) is 0 Å². The van der Waals surface area contributed by atoms with Crippen LogP contribution >= 0.6 is 11.3 Å². The summed E-state index contributed by atoms with van der Waals surface area (Å²) in [7, 11) is 2.06. The largest absolute Gasteiger partial charge is 0.401 e. The van der Waals surface area contributed by atoms with Crippen LogP contribution in [0.4, 0.5) is 0 Å². The van der Waals surface area contributed by atoms with Gasteiger partial charge in [0.1, 0.15) is 5.01 Å². The van der Waals surface area contributed by atoms with E-state index in [-0.39, 0.29) is 18.2 Å². The molecule has 1 aliphatic heterocycles. The number of nitrogens with zero attached hydrogens (tertiary/aromatic N) is 3. The third-order valence-electron chi connectivity index (χ3n) is 6.52. The third-order valence-corrected chi connectivity index (χ3v) is 7.64. The van der Waals surface area contributed by atoms with E-state index < -0.39 is 0 Å². The molecule has 37 heavy (non-hydrogen) atoms. The highest BCUT2D eigenvalue weighted by atomic mass is 32.1. The number of fused-ring (bicyclic) bond motifs is 1. The molecule has 1 saturated carbocycles. The standard InChI is InChI=1S/C15H20N2OS.C11H21N3.2C2H6/c1-9(2)10-4-5-12-14(6-10)19-15(16-12)13-7-11(18)8-17(13)3;1-4-11(8(2)3)14(13)7-10(12)9-5-6-9;2*1-2/h4-6,9,11,13,18H,7-8H2,1-3H3;4,7-9,11H,1,5-6,12-13H2,2-3H3;2*1-2H3/b;10-7-;;. The average Bonchev–Trinajstić information content (AvgIpc) is 3.55. The van der Waals surface area contributed by atoms with Gasteiger partial charge in [-0.15, -0.1) is 17.9 Å². The van der Waals surface area contributed by atoms with Crippen molar-refractivity contribution in [1.29, 1.82) is 0 Å². The molecule has 0 radical (unpaired) electrons. The molecule has 2 aromatic rings. The van der Waals surface area contributed by atoms with Crippen molar-refractivity contribution in [3.63, 3.8) is 0 Å². The number of β-amino-alcohol motifs (C(OH)–C–C–N with tert-alkyl or cyclic N) is 1. The predicted octanol–water partition coefficient (Wildman–Crippen LogP) is 6.79. The van der Waals surface area contributed by atoms with Gasteiger partial charge in [0.05, 0.1) is 28.4 Å². The van der Waals surface area contributed by atoms with Gasteiger partial charge >= 0.3 is 0 Å². The Kier molecular flexibility index (Phi) is 14.4. The van der Waals surface area contributed by atoms with E-state index in [1.54, 1.807) is 16.3 Å². The molecule has 1 aromatic carbocycles. The molecule has 4 rings (SSSR count). The molecule has 3 unspecified atom stereocenters. The second-order valence-electron chi connectivity index (χ2n) is 10.1. The Labute approximate surface area is 230 Å². The first-order chi connectivity index (χ1) is 17.6. The van der Waals surface area contributed by atoms with Crippen molar-refractivity contribution in [2.45, 2.75) is 98.8 Å². The monoisotopic (exact) mass is 531 g/mol. The van der Waals surface area contributed by atoms with Gasteiger partial charge in [-0.3, -0.25) is 4.90 Å². The van der Waals surface area contributed by atoms with E-state index in [2.05, 4.69) is 64.4 Å². The number of benzene rings is 1. The molecule has 0 spiro atoms. The number of likely N-dealkylation sites (tertiary alicyclic amines) is 1. The van der Waals surface area contributed by atoms with Crippen LogP contribution in [0, 0.1) is 11.8 Å². The number of aromatic nitrogens is 1. The number of hydrogen-bond donors (Lipinski definition) is 3. The highest BCUT2D eigenvalue weighted by molar-refractivity contribution is 7.18. The van der Waals surface area contributed by atoms with E-state index in [0.29, 0.717) is 17.8 Å². The molecule has 1 aliphatic carbocycles. The number of thiazole rings is 1. The van der Waals surface area contributed by atoms with Gasteiger partial charge < -0.3 is 15.8 Å². The van der Waals surface area contributed by atoms with Crippen LogP contribution in [-0.2, 0) is 0 Å². The number of hydrazine groups is 1. The number of rotatable bonds is 7. The minimum atomic E-state index is -0.215. The fourth-order valence-electron chi connectivity index (χ4n) is 4.24. The number of nitrogens with two attached hydrogens (primary N) is 2. The van der Waals surface area contributed by atoms with Crippen molar-refractivity contribution in [2.75, 3.05) is 13.6 Å². The molecule has 2 aliphatic rings. The molecule has 7 heteroatoms. The van der Waals surface area contributed by atoms with Crippen LogP contribution in [0.5, 0.6) is 0 Å². The van der Waals surface area contributed by atoms with Crippen molar-refractivity contribution < 1.29 is 5.11 Å². The highest BCUT2D eigenvalue weighted by Gasteiger charge is 2.31. The zero-order valence-corrected chi connectivity index (χ0v) is 25.6. The third kappa shape index (κ3) is 9.71. The lowest BCUT2D eigenvalue weighted by Crippen LogP contribution is -2.39. The minimum Gasteiger partial charge on any atom is -0.401 e. The number of likely N-dealkylation sites (N-methyl/N-ethyl adjacent to an activating group) is 1. The van der Waals surface area contributed by atoms with Gasteiger partial charge in [0.25, 0.3) is 0 Å². The number of hydrogen-bond acceptors (Lipinski definition) is 7. The van der Waals surface area contributed by atoms with Crippen LogP contribution in [0.3, 0.4) is 0 Å². The van der Waals surface area contributed by atoms with Crippen LogP contribution in [0.2, 0.25) is 0 Å². The van der Waals surface area contributed by atoms with E-state index in [4.69, 9.17) is 16.6 Å². The fraction of sp³-hybridized carbons (Fsp3) is 0.633. The summed E-state index contributed by atoms with van der Waals surface area (Å²) >= 11 is 1.77. The summed E-state index contributed by atoms with van der Waals surface area (Å²) in [6.07, 6.45) is 6.71. The lowest BCUT2D eigenvalue weighted by molar-refractivity contribution is 0.182. The molecule has 3 atom stereocenters. The molecule has 0 bridgehead atoms. The van der Waals surface area contributed by atoms with Gasteiger partial charge in [0, 0.05) is 24.4 Å². The van der Waals surface area contributed by atoms with Gasteiger partial charge in [-0.05, 0) is 55.8 Å². The van der Waals surface area contributed by atoms with E-state index in [1.807, 2.05) is 40.0 Å². The quantitative estimate of drug-likeness (QED) is 0.207. The van der Waals surface area contributed by atoms with Crippen LogP contribution in [-0.4, -0.2) is 45.7 Å². The molecular weight excluding hydrogens is 478 g/mol. The summed E-state index contributed by atoms with van der Waals surface area (Å²) < 4.78 is 1.26. The maximum absolute atomic E-state index is 9.76. The second-order valence-corrected chi connectivity index (χ2v) is 11.2. The van der Waals surface area contributed by atoms with Crippen molar-refractivity contribution in [1.82, 2.24) is 14.9 Å². The molecular formula is C30H53N5OS. The maximum atomic E-state index is 9.76. The summed E-state index contributed by atoms with van der Waals surface area (Å²) in [6.45, 7) is 21.2. The molecule has 1 aromatic heterocycles. The number of allylic oxidation sites excluding steroid dienone is 1. The SMILES string of the molecule is C=CC(C(C)C)N(N)/C=C(\N)C1CC1.CC.CC.CC(C)c1ccc2nc(C3CC(O)CN3C)sc2c1. The molecule has 2 heterocycles. The Morgan fingerprint density at radius 3 is 2.27 bits per heavy atom. The first-order valence-electron chi connectivity index (χ1n) is 14.0. The van der Waals surface area contributed by atoms with Gasteiger partial charge in [-0.2, -0.15) is 0 Å². The fourth-order valence-corrected chi connectivity index (χ4v) is 5.44. The van der Waals surface area contributed by atoms with Crippen LogP contribution in [0.1, 0.15) is 97.2 Å². The van der Waals surface area contributed by atoms with Crippen molar-refractivity contribution in [2.24, 2.45) is 23.4 Å². The van der Waals surface area contributed by atoms with E-state index in [9.17, 15) is 5.11 Å². The summed E-state index contributed by atoms with van der Waals surface area (Å²) in [5.41, 5.74) is 9.23. The Morgan fingerprint density at radius 2 is 1.81 bits per heavy atom. The first kappa shape index (κ1) is 33.1. The number of aliphatic hydroxyl groups is 1. The van der Waals surface area contributed by atoms with E-state index in [1.165, 1.54) is 23.1 Å². The Morgan fingerprint density at radius 1 is 1.19 bits per heavy atom. The number of aliphatic hydroxyl groups excluding tert-OH is 1. The van der Waals surface area contributed by atoms with E-state index in [0.717, 1.165) is 29.2 Å². The lowest BCUT2D eigenvalue weighted by atomic mass is 10.0. The molecule has 5 N–H and O–H groups in total. The van der Waals surface area contributed by atoms with Crippen molar-refractivity contribution in [3.8, 4) is 0 Å². The summed E-state index contributed by atoms with van der Waals surface area (Å²) in [5, 5.41) is 12.6. The van der Waals surface area contributed by atoms with Crippen molar-refractivity contribution in [3.05, 3.63) is 53.3 Å². The van der Waals surface area contributed by atoms with Crippen LogP contribution in [0.15, 0.2) is 42.8 Å². The zero-order chi connectivity index (χ0) is 28.3. The first-order valence-corrected chi connectivity index (χ1v) is 14.8. The summed E-state index contributed by atoms with van der Waals surface area (Å²) in [6, 6.07) is 6.98. The minimum absolute atomic E-state index is 0.160. The molecule has 0 amide bonds. The van der Waals surface area contributed by atoms with Crippen LogP contribution in [0.25, 0.3) is 10.2 Å². The van der Waals surface area contributed by atoms with Crippen molar-refractivity contribution >= 4 is 21.6 Å². The smallest absolute Gasteiger partial charge is 0.111 e. The summed E-state index contributed by atoms with van der Waals surface area (Å²) in [4.78, 5) is 6.95. The Hall–Kier alpha value is -1.93. The lowest BCUT2D eigenvalue weighted by Gasteiger charge is -2.27. The van der Waals surface area contributed by atoms with Gasteiger partial charge in [-0.1, -0.05) is 67.5 Å². The molecule has 210 valence electrons. The molecule has 6 nitrogen and oxygen atoms in total. The topological polar surface area (TPSA) is 91.6 Å². The zero-order valence-electron chi connectivity index (χ0n) is 24.7.